The van der Waals surface area contributed by atoms with Gasteiger partial charge in [0.1, 0.15) is 0 Å². The van der Waals surface area contributed by atoms with Gasteiger partial charge in [0.15, 0.2) is 0 Å². The second kappa shape index (κ2) is 10.2. The fourth-order valence-electron chi connectivity index (χ4n) is 5.14. The Hall–Kier alpha value is 0.0569. The van der Waals surface area contributed by atoms with E-state index in [0.717, 1.165) is 19.1 Å². The van der Waals surface area contributed by atoms with Gasteiger partial charge in [0.05, 0.1) is 12.7 Å². The fraction of sp³-hybridized carbons (Fsp3) is 1.00. The third kappa shape index (κ3) is 6.53. The highest BCUT2D eigenvalue weighted by Gasteiger charge is 2.48. The van der Waals surface area contributed by atoms with E-state index in [1.165, 1.54) is 96.3 Å². The Bertz CT molecular complexity index is 374. The van der Waals surface area contributed by atoms with Crippen LogP contribution in [0.2, 0.25) is 6.04 Å². The third-order valence-corrected chi connectivity index (χ3v) is 9.85. The predicted molar refractivity (Wildman–Crippen MR) is 109 cm³/mol. The van der Waals surface area contributed by atoms with E-state index in [1.807, 2.05) is 0 Å². The number of epoxide rings is 1. The summed E-state index contributed by atoms with van der Waals surface area (Å²) in [6.07, 6.45) is 21.6. The van der Waals surface area contributed by atoms with Crippen molar-refractivity contribution >= 4 is 8.80 Å². The molecule has 0 aromatic heterocycles. The highest BCUT2D eigenvalue weighted by molar-refractivity contribution is 6.60. The maximum absolute atomic E-state index is 6.90. The van der Waals surface area contributed by atoms with Crippen LogP contribution in [-0.2, 0) is 18.0 Å². The molecule has 4 aliphatic rings. The summed E-state index contributed by atoms with van der Waals surface area (Å²) in [5.41, 5.74) is 0. The molecular formula is C22H40O4Si. The highest BCUT2D eigenvalue weighted by atomic mass is 28.4. The molecule has 0 aromatic carbocycles. The summed E-state index contributed by atoms with van der Waals surface area (Å²) >= 11 is 0. The molecule has 156 valence electrons. The van der Waals surface area contributed by atoms with E-state index >= 15 is 0 Å². The summed E-state index contributed by atoms with van der Waals surface area (Å²) < 4.78 is 26.2. The minimum atomic E-state index is -2.66. The molecule has 4 nitrogen and oxygen atoms in total. The van der Waals surface area contributed by atoms with Gasteiger partial charge < -0.3 is 18.0 Å². The molecule has 0 bridgehead atoms. The Kier molecular flexibility index (Phi) is 7.68. The second-order valence-corrected chi connectivity index (χ2v) is 11.9. The fourth-order valence-corrected chi connectivity index (χ4v) is 8.57. The van der Waals surface area contributed by atoms with Crippen molar-refractivity contribution in [2.45, 2.75) is 133 Å². The lowest BCUT2D eigenvalue weighted by molar-refractivity contribution is -0.0412. The second-order valence-electron chi connectivity index (χ2n) is 9.31. The molecule has 27 heavy (non-hydrogen) atoms. The van der Waals surface area contributed by atoms with Crippen LogP contribution in [0.3, 0.4) is 0 Å². The van der Waals surface area contributed by atoms with Gasteiger partial charge in [-0.15, -0.1) is 0 Å². The number of ether oxygens (including phenoxy) is 1. The van der Waals surface area contributed by atoms with Gasteiger partial charge in [0, 0.05) is 24.4 Å². The molecule has 4 rings (SSSR count). The van der Waals surface area contributed by atoms with Crippen LogP contribution in [0.15, 0.2) is 0 Å². The number of hydrogen-bond donors (Lipinski definition) is 0. The molecule has 0 aromatic rings. The Balaban J connectivity index is 1.47. The molecule has 3 aliphatic carbocycles. The van der Waals surface area contributed by atoms with Gasteiger partial charge in [-0.05, 0) is 44.9 Å². The molecule has 1 atom stereocenters. The van der Waals surface area contributed by atoms with Crippen molar-refractivity contribution in [3.05, 3.63) is 0 Å². The van der Waals surface area contributed by atoms with Crippen LogP contribution in [0.1, 0.15) is 103 Å². The molecule has 0 radical (unpaired) electrons. The van der Waals surface area contributed by atoms with Crippen LogP contribution in [0.25, 0.3) is 0 Å². The van der Waals surface area contributed by atoms with Crippen molar-refractivity contribution in [2.75, 3.05) is 6.61 Å². The van der Waals surface area contributed by atoms with Crippen LogP contribution in [-0.4, -0.2) is 39.8 Å². The van der Waals surface area contributed by atoms with Crippen molar-refractivity contribution in [1.82, 2.24) is 0 Å². The molecular weight excluding hydrogens is 356 g/mol. The zero-order chi connectivity index (χ0) is 18.4. The molecule has 0 N–H and O–H groups in total. The first kappa shape index (κ1) is 20.3. The highest BCUT2D eigenvalue weighted by Crippen LogP contribution is 2.36. The summed E-state index contributed by atoms with van der Waals surface area (Å²) in [7, 11) is -2.66. The quantitative estimate of drug-likeness (QED) is 0.367. The number of rotatable bonds is 9. The zero-order valence-electron chi connectivity index (χ0n) is 17.2. The molecule has 4 fully saturated rings. The van der Waals surface area contributed by atoms with Crippen molar-refractivity contribution in [1.29, 1.82) is 0 Å². The van der Waals surface area contributed by atoms with Crippen molar-refractivity contribution < 1.29 is 18.0 Å². The van der Waals surface area contributed by atoms with Gasteiger partial charge in [-0.3, -0.25) is 0 Å². The maximum atomic E-state index is 6.90. The van der Waals surface area contributed by atoms with Crippen LogP contribution in [0.4, 0.5) is 0 Å². The summed E-state index contributed by atoms with van der Waals surface area (Å²) in [6.45, 7) is 0.917. The van der Waals surface area contributed by atoms with E-state index < -0.39 is 8.80 Å². The molecule has 1 saturated heterocycles. The number of hydrogen-bond acceptors (Lipinski definition) is 4. The predicted octanol–water partition coefficient (Wildman–Crippen LogP) is 5.76. The third-order valence-electron chi connectivity index (χ3n) is 6.87. The molecule has 5 heteroatoms. The Labute approximate surface area is 167 Å². The van der Waals surface area contributed by atoms with Gasteiger partial charge in [-0.1, -0.05) is 57.8 Å². The standard InChI is InChI=1S/C22H40O4Si/c1-4-10-19(11-5-1)24-27(17-16-22-18-23-22,25-20-12-6-2-7-13-20)26-21-14-8-3-9-15-21/h19-22H,1-18H2. The van der Waals surface area contributed by atoms with Crippen LogP contribution in [0, 0.1) is 0 Å². The maximum Gasteiger partial charge on any atom is 0.501 e. The lowest BCUT2D eigenvalue weighted by atomic mass is 9.98. The molecule has 1 aliphatic heterocycles. The molecule has 0 amide bonds. The smallest absolute Gasteiger partial charge is 0.373 e. The summed E-state index contributed by atoms with van der Waals surface area (Å²) in [4.78, 5) is 0. The summed E-state index contributed by atoms with van der Waals surface area (Å²) in [5, 5.41) is 0. The van der Waals surface area contributed by atoms with Crippen LogP contribution in [0.5, 0.6) is 0 Å². The molecule has 3 saturated carbocycles. The van der Waals surface area contributed by atoms with Crippen LogP contribution < -0.4 is 0 Å². The van der Waals surface area contributed by atoms with Gasteiger partial charge in [-0.2, -0.15) is 0 Å². The Morgan fingerprint density at radius 3 is 1.30 bits per heavy atom. The normalized spacial score (nSPS) is 29.1. The first-order valence-electron chi connectivity index (χ1n) is 12.0. The molecule has 1 heterocycles. The van der Waals surface area contributed by atoms with E-state index in [-0.39, 0.29) is 0 Å². The van der Waals surface area contributed by atoms with Gasteiger partial charge in [-0.25, -0.2) is 0 Å². The van der Waals surface area contributed by atoms with Crippen LogP contribution >= 0.6 is 0 Å². The average Bonchev–Trinajstić information content (AvgIpc) is 3.53. The lowest BCUT2D eigenvalue weighted by Crippen LogP contribution is -2.53. The van der Waals surface area contributed by atoms with E-state index in [1.54, 1.807) is 0 Å². The van der Waals surface area contributed by atoms with Crippen molar-refractivity contribution in [2.24, 2.45) is 0 Å². The zero-order valence-corrected chi connectivity index (χ0v) is 18.2. The Morgan fingerprint density at radius 1 is 0.593 bits per heavy atom. The molecule has 1 unspecified atom stereocenters. The average molecular weight is 397 g/mol. The minimum Gasteiger partial charge on any atom is -0.373 e. The van der Waals surface area contributed by atoms with Crippen molar-refractivity contribution in [3.8, 4) is 0 Å². The van der Waals surface area contributed by atoms with E-state index in [2.05, 4.69) is 0 Å². The topological polar surface area (TPSA) is 40.2 Å². The summed E-state index contributed by atoms with van der Waals surface area (Å²) in [6, 6.07) is 0.959. The van der Waals surface area contributed by atoms with E-state index in [0.29, 0.717) is 24.4 Å². The Morgan fingerprint density at radius 2 is 0.963 bits per heavy atom. The van der Waals surface area contributed by atoms with Gasteiger partial charge in [0.2, 0.25) is 0 Å². The lowest BCUT2D eigenvalue weighted by Gasteiger charge is -2.41. The van der Waals surface area contributed by atoms with Crippen molar-refractivity contribution in [3.63, 3.8) is 0 Å². The first-order chi connectivity index (χ1) is 13.3. The largest absolute Gasteiger partial charge is 0.501 e. The summed E-state index contributed by atoms with van der Waals surface area (Å²) in [5.74, 6) is 0. The molecule has 0 spiro atoms. The van der Waals surface area contributed by atoms with Gasteiger partial charge in [0.25, 0.3) is 0 Å². The SMILES string of the molecule is C1CCC(O[Si](CCC2CO2)(OC2CCCCC2)OC2CCCCC2)CC1. The van der Waals surface area contributed by atoms with E-state index in [9.17, 15) is 0 Å². The minimum absolute atomic E-state index is 0.359. The van der Waals surface area contributed by atoms with Gasteiger partial charge >= 0.3 is 8.80 Å². The first-order valence-corrected chi connectivity index (χ1v) is 13.9. The van der Waals surface area contributed by atoms with E-state index in [4.69, 9.17) is 18.0 Å². The monoisotopic (exact) mass is 396 g/mol.